The van der Waals surface area contributed by atoms with Crippen molar-refractivity contribution in [2.45, 2.75) is 6.42 Å². The third-order valence-electron chi connectivity index (χ3n) is 5.37. The van der Waals surface area contributed by atoms with E-state index in [2.05, 4.69) is 30.5 Å². The molecule has 0 spiro atoms. The molecule has 5 N–H and O–H groups in total. The van der Waals surface area contributed by atoms with Crippen molar-refractivity contribution in [2.75, 3.05) is 6.54 Å². The van der Waals surface area contributed by atoms with E-state index in [1.54, 1.807) is 6.33 Å². The number of aromatic nitrogens is 5. The van der Waals surface area contributed by atoms with Gasteiger partial charge in [-0.2, -0.15) is 5.10 Å². The lowest BCUT2D eigenvalue weighted by atomic mass is 10.0. The molecule has 0 radical (unpaired) electrons. The second kappa shape index (κ2) is 8.66. The first-order valence-electron chi connectivity index (χ1n) is 10.4. The van der Waals surface area contributed by atoms with E-state index in [0.717, 1.165) is 16.6 Å². The number of amides is 1. The molecular formula is C24H19FN6O3. The molecule has 3 aromatic carbocycles. The van der Waals surface area contributed by atoms with Gasteiger partial charge in [0, 0.05) is 18.5 Å². The summed E-state index contributed by atoms with van der Waals surface area (Å²) in [4.78, 5) is 24.4. The minimum absolute atomic E-state index is 0.0922. The second-order valence-electron chi connectivity index (χ2n) is 7.64. The summed E-state index contributed by atoms with van der Waals surface area (Å²) in [5.41, 5.74) is 3.51. The fraction of sp³-hybridized carbons (Fsp3) is 0.0833. The van der Waals surface area contributed by atoms with Gasteiger partial charge < -0.3 is 20.5 Å². The topological polar surface area (TPSA) is 140 Å². The smallest absolute Gasteiger partial charge is 0.255 e. The normalized spacial score (nSPS) is 11.1. The molecule has 5 rings (SSSR count). The molecule has 1 amide bonds. The Labute approximate surface area is 192 Å². The van der Waals surface area contributed by atoms with Crippen LogP contribution in [0.4, 0.5) is 4.39 Å². The Morgan fingerprint density at radius 1 is 1.00 bits per heavy atom. The Balaban J connectivity index is 1.26. The first-order valence-corrected chi connectivity index (χ1v) is 10.4. The summed E-state index contributed by atoms with van der Waals surface area (Å²) in [5.74, 6) is -0.844. The number of aromatic amines is 2. The van der Waals surface area contributed by atoms with Crippen LogP contribution >= 0.6 is 0 Å². The number of phenolic OH excluding ortho intramolecular Hbond substituents is 2. The van der Waals surface area contributed by atoms with Crippen LogP contribution in [0.1, 0.15) is 16.2 Å². The van der Waals surface area contributed by atoms with Gasteiger partial charge in [0.1, 0.15) is 11.6 Å². The average molecular weight is 458 g/mol. The van der Waals surface area contributed by atoms with Gasteiger partial charge in [0.2, 0.25) is 0 Å². The van der Waals surface area contributed by atoms with Crippen molar-refractivity contribution in [1.82, 2.24) is 30.5 Å². The Hall–Kier alpha value is -4.73. The largest absolute Gasteiger partial charge is 0.504 e. The average Bonchev–Trinajstić information content (AvgIpc) is 3.50. The molecule has 0 atom stereocenters. The SMILES string of the molecule is O=C(NCCc1nc(-c2ccc3nc[nH]c3c2)n[nH]1)c1cc(-c2ccc(F)cc2)cc(O)c1O. The first-order chi connectivity index (χ1) is 16.5. The van der Waals surface area contributed by atoms with Crippen LogP contribution < -0.4 is 5.32 Å². The highest BCUT2D eigenvalue weighted by Crippen LogP contribution is 2.34. The molecule has 0 aliphatic heterocycles. The number of aromatic hydroxyl groups is 2. The Morgan fingerprint density at radius 2 is 1.79 bits per heavy atom. The highest BCUT2D eigenvalue weighted by atomic mass is 19.1. The number of halogens is 1. The third kappa shape index (κ3) is 4.16. The lowest BCUT2D eigenvalue weighted by Gasteiger charge is -2.10. The molecule has 10 heteroatoms. The van der Waals surface area contributed by atoms with Crippen molar-refractivity contribution in [2.24, 2.45) is 0 Å². The predicted octanol–water partition coefficient (Wildman–Crippen LogP) is 3.54. The number of H-pyrrole nitrogens is 2. The van der Waals surface area contributed by atoms with Crippen LogP contribution in [0.15, 0.2) is 60.9 Å². The maximum Gasteiger partial charge on any atom is 0.255 e. The third-order valence-corrected chi connectivity index (χ3v) is 5.37. The van der Waals surface area contributed by atoms with Crippen molar-refractivity contribution in [3.05, 3.63) is 78.1 Å². The van der Waals surface area contributed by atoms with E-state index in [1.807, 2.05) is 18.2 Å². The number of benzene rings is 3. The summed E-state index contributed by atoms with van der Waals surface area (Å²) in [6.07, 6.45) is 1.99. The van der Waals surface area contributed by atoms with E-state index < -0.39 is 23.2 Å². The molecule has 170 valence electrons. The first kappa shape index (κ1) is 21.1. The van der Waals surface area contributed by atoms with Gasteiger partial charge in [-0.25, -0.2) is 14.4 Å². The van der Waals surface area contributed by atoms with E-state index >= 15 is 0 Å². The maximum absolute atomic E-state index is 13.2. The summed E-state index contributed by atoms with van der Waals surface area (Å²) in [6, 6.07) is 14.0. The number of phenols is 2. The standard InChI is InChI=1S/C24H19FN6O3/c25-16-4-1-13(2-5-16)15-9-17(22(33)20(32)11-15)24(34)26-8-7-21-29-23(31-30-21)14-3-6-18-19(10-14)28-12-27-18/h1-6,9-12,32-33H,7-8H2,(H,26,34)(H,27,28)(H,29,30,31). The monoisotopic (exact) mass is 458 g/mol. The van der Waals surface area contributed by atoms with Gasteiger partial charge in [-0.15, -0.1) is 0 Å². The van der Waals surface area contributed by atoms with E-state index in [4.69, 9.17) is 0 Å². The quantitative estimate of drug-likeness (QED) is 0.247. The number of nitrogens with one attached hydrogen (secondary N) is 3. The molecule has 0 aliphatic carbocycles. The molecule has 9 nitrogen and oxygen atoms in total. The minimum Gasteiger partial charge on any atom is -0.504 e. The maximum atomic E-state index is 13.2. The summed E-state index contributed by atoms with van der Waals surface area (Å²) in [7, 11) is 0. The van der Waals surface area contributed by atoms with Crippen LogP contribution in [0.5, 0.6) is 11.5 Å². The van der Waals surface area contributed by atoms with E-state index in [0.29, 0.717) is 29.2 Å². The van der Waals surface area contributed by atoms with Crippen molar-refractivity contribution in [3.63, 3.8) is 0 Å². The Bertz CT molecular complexity index is 1490. The highest BCUT2D eigenvalue weighted by molar-refractivity contribution is 5.99. The van der Waals surface area contributed by atoms with Crippen molar-refractivity contribution in [1.29, 1.82) is 0 Å². The van der Waals surface area contributed by atoms with Gasteiger partial charge in [0.25, 0.3) is 5.91 Å². The fourth-order valence-electron chi connectivity index (χ4n) is 3.60. The predicted molar refractivity (Wildman–Crippen MR) is 123 cm³/mol. The van der Waals surface area contributed by atoms with Crippen LogP contribution in [0.25, 0.3) is 33.5 Å². The molecule has 0 bridgehead atoms. The molecule has 2 heterocycles. The van der Waals surface area contributed by atoms with Gasteiger partial charge in [-0.3, -0.25) is 9.89 Å². The number of fused-ring (bicyclic) bond motifs is 1. The van der Waals surface area contributed by atoms with Crippen LogP contribution in [0.3, 0.4) is 0 Å². The van der Waals surface area contributed by atoms with Gasteiger partial charge in [-0.1, -0.05) is 12.1 Å². The molecule has 0 saturated carbocycles. The second-order valence-corrected chi connectivity index (χ2v) is 7.64. The zero-order chi connectivity index (χ0) is 23.7. The van der Waals surface area contributed by atoms with Crippen LogP contribution in [-0.4, -0.2) is 47.8 Å². The van der Waals surface area contributed by atoms with E-state index in [-0.39, 0.29) is 12.1 Å². The number of carbonyl (C=O) groups is 1. The molecule has 2 aromatic heterocycles. The molecular weight excluding hydrogens is 439 g/mol. The molecule has 0 aliphatic rings. The lowest BCUT2D eigenvalue weighted by Crippen LogP contribution is -2.26. The highest BCUT2D eigenvalue weighted by Gasteiger charge is 2.17. The summed E-state index contributed by atoms with van der Waals surface area (Å²) in [5, 5.41) is 30.0. The van der Waals surface area contributed by atoms with Crippen molar-refractivity contribution in [3.8, 4) is 34.0 Å². The molecule has 5 aromatic rings. The number of imidazole rings is 1. The van der Waals surface area contributed by atoms with Gasteiger partial charge in [0.05, 0.1) is 22.9 Å². The molecule has 34 heavy (non-hydrogen) atoms. The number of hydrogen-bond donors (Lipinski definition) is 5. The van der Waals surface area contributed by atoms with Crippen LogP contribution in [-0.2, 0) is 6.42 Å². The molecule has 0 saturated heterocycles. The number of nitrogens with zero attached hydrogens (tertiary/aromatic N) is 3. The lowest BCUT2D eigenvalue weighted by molar-refractivity contribution is 0.0950. The molecule has 0 fully saturated rings. The van der Waals surface area contributed by atoms with Gasteiger partial charge in [0.15, 0.2) is 17.3 Å². The fourth-order valence-corrected chi connectivity index (χ4v) is 3.60. The zero-order valence-electron chi connectivity index (χ0n) is 17.7. The zero-order valence-corrected chi connectivity index (χ0v) is 17.7. The van der Waals surface area contributed by atoms with Crippen LogP contribution in [0.2, 0.25) is 0 Å². The number of carbonyl (C=O) groups excluding carboxylic acids is 1. The molecule has 0 unspecified atom stereocenters. The summed E-state index contributed by atoms with van der Waals surface area (Å²) >= 11 is 0. The van der Waals surface area contributed by atoms with Crippen LogP contribution in [0, 0.1) is 5.82 Å². The van der Waals surface area contributed by atoms with E-state index in [1.165, 1.54) is 36.4 Å². The Kier molecular flexibility index (Phi) is 5.38. The van der Waals surface area contributed by atoms with Crippen molar-refractivity contribution < 1.29 is 19.4 Å². The summed E-state index contributed by atoms with van der Waals surface area (Å²) < 4.78 is 13.2. The van der Waals surface area contributed by atoms with Gasteiger partial charge >= 0.3 is 0 Å². The number of rotatable bonds is 6. The summed E-state index contributed by atoms with van der Waals surface area (Å²) in [6.45, 7) is 0.216. The number of hydrogen-bond acceptors (Lipinski definition) is 6. The Morgan fingerprint density at radius 3 is 2.62 bits per heavy atom. The van der Waals surface area contributed by atoms with E-state index in [9.17, 15) is 19.4 Å². The van der Waals surface area contributed by atoms with Crippen molar-refractivity contribution >= 4 is 16.9 Å². The van der Waals surface area contributed by atoms with Gasteiger partial charge in [-0.05, 0) is 53.6 Å². The minimum atomic E-state index is -0.568.